The van der Waals surface area contributed by atoms with E-state index in [1.807, 2.05) is 30.3 Å². The number of carbonyl (C=O) groups is 1. The summed E-state index contributed by atoms with van der Waals surface area (Å²) in [7, 11) is -3.80. The maximum absolute atomic E-state index is 13.2. The highest BCUT2D eigenvalue weighted by Crippen LogP contribution is 2.32. The Morgan fingerprint density at radius 1 is 1.03 bits per heavy atom. The summed E-state index contributed by atoms with van der Waals surface area (Å²) in [6.45, 7) is 0. The number of nitrogens with zero attached hydrogens (tertiary/aromatic N) is 1. The molecule has 30 heavy (non-hydrogen) atoms. The summed E-state index contributed by atoms with van der Waals surface area (Å²) in [4.78, 5) is 20.1. The van der Waals surface area contributed by atoms with E-state index < -0.39 is 9.84 Å². The van der Waals surface area contributed by atoms with Crippen LogP contribution in [0, 0.1) is 0 Å². The van der Waals surface area contributed by atoms with Crippen LogP contribution in [0.25, 0.3) is 11.4 Å². The van der Waals surface area contributed by atoms with E-state index >= 15 is 0 Å². The van der Waals surface area contributed by atoms with E-state index in [1.165, 1.54) is 0 Å². The number of carbonyl (C=O) groups excluding carboxylic acids is 1. The van der Waals surface area contributed by atoms with Crippen LogP contribution in [0.4, 0.5) is 0 Å². The van der Waals surface area contributed by atoms with Crippen LogP contribution in [0.15, 0.2) is 75.6 Å². The molecule has 0 spiro atoms. The molecule has 0 atom stereocenters. The van der Waals surface area contributed by atoms with E-state index in [1.54, 1.807) is 30.3 Å². The van der Waals surface area contributed by atoms with Crippen LogP contribution in [0.3, 0.4) is 0 Å². The molecule has 1 heterocycles. The van der Waals surface area contributed by atoms with Crippen molar-refractivity contribution in [3.8, 4) is 11.4 Å². The first-order valence-corrected chi connectivity index (χ1v) is 12.4. The normalized spacial score (nSPS) is 14.7. The highest BCUT2D eigenvalue weighted by molar-refractivity contribution is 8.00. The zero-order valence-corrected chi connectivity index (χ0v) is 18.0. The Labute approximate surface area is 180 Å². The minimum absolute atomic E-state index is 0.0196. The van der Waals surface area contributed by atoms with Gasteiger partial charge in [-0.1, -0.05) is 73.1 Å². The molecule has 1 aliphatic carbocycles. The number of sulfone groups is 1. The first-order chi connectivity index (χ1) is 14.5. The molecule has 0 bridgehead atoms. The molecule has 0 unspecified atom stereocenters. The highest BCUT2D eigenvalue weighted by Gasteiger charge is 2.27. The van der Waals surface area contributed by atoms with Crippen LogP contribution in [0.2, 0.25) is 0 Å². The quantitative estimate of drug-likeness (QED) is 0.540. The minimum Gasteiger partial charge on any atom is -0.353 e. The molecular weight excluding hydrogens is 418 g/mol. The second-order valence-corrected chi connectivity index (χ2v) is 10.1. The van der Waals surface area contributed by atoms with Crippen molar-refractivity contribution in [1.82, 2.24) is 15.3 Å². The van der Waals surface area contributed by atoms with Gasteiger partial charge in [0, 0.05) is 11.6 Å². The van der Waals surface area contributed by atoms with Crippen molar-refractivity contribution in [2.24, 2.45) is 0 Å². The van der Waals surface area contributed by atoms with Crippen molar-refractivity contribution in [2.45, 2.75) is 46.7 Å². The number of aromatic amines is 1. The van der Waals surface area contributed by atoms with Gasteiger partial charge in [0.05, 0.1) is 10.6 Å². The van der Waals surface area contributed by atoms with Crippen molar-refractivity contribution < 1.29 is 13.2 Å². The zero-order chi connectivity index (χ0) is 21.0. The van der Waals surface area contributed by atoms with E-state index in [9.17, 15) is 13.2 Å². The third-order valence-electron chi connectivity index (χ3n) is 5.07. The van der Waals surface area contributed by atoms with Gasteiger partial charge in [0.25, 0.3) is 0 Å². The van der Waals surface area contributed by atoms with Crippen LogP contribution >= 0.6 is 11.8 Å². The molecule has 0 saturated heterocycles. The lowest BCUT2D eigenvalue weighted by Crippen LogP contribution is -2.33. The van der Waals surface area contributed by atoms with Crippen LogP contribution < -0.4 is 5.32 Å². The van der Waals surface area contributed by atoms with Gasteiger partial charge in [-0.05, 0) is 25.0 Å². The molecule has 8 heteroatoms. The van der Waals surface area contributed by atoms with Gasteiger partial charge in [-0.2, -0.15) is 0 Å². The lowest BCUT2D eigenvalue weighted by atomic mass is 10.2. The Hall–Kier alpha value is -2.58. The Morgan fingerprint density at radius 2 is 1.67 bits per heavy atom. The Kier molecular flexibility index (Phi) is 6.24. The Balaban J connectivity index is 1.62. The lowest BCUT2D eigenvalue weighted by Gasteiger charge is -2.11. The number of amides is 1. The molecule has 2 aromatic carbocycles. The highest BCUT2D eigenvalue weighted by atomic mass is 32.2. The summed E-state index contributed by atoms with van der Waals surface area (Å²) in [5.41, 5.74) is 0.782. The largest absolute Gasteiger partial charge is 0.353 e. The van der Waals surface area contributed by atoms with Gasteiger partial charge >= 0.3 is 0 Å². The average Bonchev–Trinajstić information content (AvgIpc) is 3.44. The number of imidazole rings is 1. The standard InChI is InChI=1S/C22H23N3O3S2/c26-19(23-17-11-7-8-12-17)15-29-21-22(30(27,28)18-13-5-2-6-14-18)25-20(24-21)16-9-3-1-4-10-16/h1-6,9-10,13-14,17H,7-8,11-12,15H2,(H,23,26)(H,24,25). The van der Waals surface area contributed by atoms with Gasteiger partial charge in [-0.25, -0.2) is 13.4 Å². The molecule has 4 rings (SSSR count). The Morgan fingerprint density at radius 3 is 2.33 bits per heavy atom. The van der Waals surface area contributed by atoms with Crippen molar-refractivity contribution >= 4 is 27.5 Å². The summed E-state index contributed by atoms with van der Waals surface area (Å²) in [5.74, 6) is 0.482. The first kappa shape index (κ1) is 20.7. The Bertz CT molecular complexity index is 1110. The molecule has 3 aromatic rings. The molecule has 1 aromatic heterocycles. The molecule has 1 aliphatic rings. The van der Waals surface area contributed by atoms with E-state index in [2.05, 4.69) is 15.3 Å². The fraction of sp³-hybridized carbons (Fsp3) is 0.273. The number of thioether (sulfide) groups is 1. The van der Waals surface area contributed by atoms with E-state index in [0.29, 0.717) is 10.9 Å². The number of benzene rings is 2. The van der Waals surface area contributed by atoms with E-state index in [-0.39, 0.29) is 27.6 Å². The summed E-state index contributed by atoms with van der Waals surface area (Å²) in [6.07, 6.45) is 4.28. The van der Waals surface area contributed by atoms with Gasteiger partial charge < -0.3 is 10.3 Å². The molecule has 1 fully saturated rings. The fourth-order valence-corrected chi connectivity index (χ4v) is 6.00. The number of nitrogens with one attached hydrogen (secondary N) is 2. The molecule has 1 amide bonds. The van der Waals surface area contributed by atoms with E-state index in [4.69, 9.17) is 0 Å². The lowest BCUT2D eigenvalue weighted by molar-refractivity contribution is -0.119. The van der Waals surface area contributed by atoms with Crippen molar-refractivity contribution in [3.63, 3.8) is 0 Å². The summed E-state index contributed by atoms with van der Waals surface area (Å²) >= 11 is 1.14. The summed E-state index contributed by atoms with van der Waals surface area (Å²) < 4.78 is 26.5. The summed E-state index contributed by atoms with van der Waals surface area (Å²) in [6, 6.07) is 17.8. The molecule has 2 N–H and O–H groups in total. The van der Waals surface area contributed by atoms with Gasteiger partial charge in [0.2, 0.25) is 15.7 Å². The second-order valence-electron chi connectivity index (χ2n) is 7.24. The summed E-state index contributed by atoms with van der Waals surface area (Å²) in [5, 5.41) is 3.35. The van der Waals surface area contributed by atoms with Gasteiger partial charge in [-0.3, -0.25) is 4.79 Å². The third-order valence-corrected chi connectivity index (χ3v) is 7.90. The second kappa shape index (κ2) is 9.06. The fourth-order valence-electron chi connectivity index (χ4n) is 3.54. The molecule has 0 aliphatic heterocycles. The maximum Gasteiger partial charge on any atom is 0.230 e. The molecule has 1 saturated carbocycles. The smallest absolute Gasteiger partial charge is 0.230 e. The topological polar surface area (TPSA) is 91.9 Å². The van der Waals surface area contributed by atoms with Crippen LogP contribution in [-0.4, -0.2) is 36.1 Å². The van der Waals surface area contributed by atoms with Gasteiger partial charge in [0.1, 0.15) is 10.9 Å². The molecule has 156 valence electrons. The van der Waals surface area contributed by atoms with Crippen LogP contribution in [0.1, 0.15) is 25.7 Å². The number of rotatable bonds is 7. The SMILES string of the molecule is O=C(CSc1nc(-c2ccccc2)[nH]c1S(=O)(=O)c1ccccc1)NC1CCCC1. The third kappa shape index (κ3) is 4.60. The minimum atomic E-state index is -3.80. The van der Waals surface area contributed by atoms with Crippen molar-refractivity contribution in [2.75, 3.05) is 5.75 Å². The molecule has 0 radical (unpaired) electrons. The predicted octanol–water partition coefficient (Wildman–Crippen LogP) is 4.06. The van der Waals surface area contributed by atoms with Crippen LogP contribution in [-0.2, 0) is 14.6 Å². The first-order valence-electron chi connectivity index (χ1n) is 9.92. The number of hydrogen-bond acceptors (Lipinski definition) is 5. The number of H-pyrrole nitrogens is 1. The predicted molar refractivity (Wildman–Crippen MR) is 117 cm³/mol. The number of aromatic nitrogens is 2. The zero-order valence-electron chi connectivity index (χ0n) is 16.4. The monoisotopic (exact) mass is 441 g/mol. The van der Waals surface area contributed by atoms with Gasteiger partial charge in [0.15, 0.2) is 5.03 Å². The average molecular weight is 442 g/mol. The van der Waals surface area contributed by atoms with Crippen LogP contribution in [0.5, 0.6) is 0 Å². The maximum atomic E-state index is 13.2. The van der Waals surface area contributed by atoms with Crippen molar-refractivity contribution in [3.05, 3.63) is 60.7 Å². The molecule has 6 nitrogen and oxygen atoms in total. The van der Waals surface area contributed by atoms with Crippen molar-refractivity contribution in [1.29, 1.82) is 0 Å². The van der Waals surface area contributed by atoms with Gasteiger partial charge in [-0.15, -0.1) is 0 Å². The molecular formula is C22H23N3O3S2. The van der Waals surface area contributed by atoms with E-state index in [0.717, 1.165) is 43.0 Å². The number of hydrogen-bond donors (Lipinski definition) is 2.